The minimum absolute atomic E-state index is 0.492. The van der Waals surface area contributed by atoms with Gasteiger partial charge >= 0.3 is 0 Å². The molecule has 0 aliphatic heterocycles. The highest BCUT2D eigenvalue weighted by molar-refractivity contribution is 9.10. The van der Waals surface area contributed by atoms with Crippen LogP contribution in [0.3, 0.4) is 0 Å². The van der Waals surface area contributed by atoms with E-state index in [0.717, 1.165) is 26.2 Å². The molecule has 1 aromatic rings. The molecule has 1 atom stereocenters. The van der Waals surface area contributed by atoms with E-state index in [1.807, 2.05) is 0 Å². The highest BCUT2D eigenvalue weighted by atomic mass is 79.9. The lowest BCUT2D eigenvalue weighted by molar-refractivity contribution is 0.373. The highest BCUT2D eigenvalue weighted by Crippen LogP contribution is 2.29. The van der Waals surface area contributed by atoms with Crippen LogP contribution in [-0.4, -0.2) is 44.7 Å². The number of benzene rings is 1. The average Bonchev–Trinajstić information content (AvgIpc) is 2.38. The molecule has 0 radical (unpaired) electrons. The van der Waals surface area contributed by atoms with Crippen LogP contribution in [0.2, 0.25) is 0 Å². The largest absolute Gasteiger partial charge is 0.367 e. The van der Waals surface area contributed by atoms with Gasteiger partial charge in [0.2, 0.25) is 0 Å². The minimum Gasteiger partial charge on any atom is -0.367 e. The molecule has 0 saturated carbocycles. The van der Waals surface area contributed by atoms with Gasteiger partial charge in [0.15, 0.2) is 0 Å². The molecule has 3 nitrogen and oxygen atoms in total. The van der Waals surface area contributed by atoms with Crippen molar-refractivity contribution >= 4 is 21.6 Å². The first-order valence-electron chi connectivity index (χ1n) is 7.40. The molecule has 0 aliphatic rings. The van der Waals surface area contributed by atoms with Gasteiger partial charge in [0.05, 0.1) is 5.69 Å². The van der Waals surface area contributed by atoms with Gasteiger partial charge in [0.1, 0.15) is 0 Å². The maximum absolute atomic E-state index is 3.73. The fourth-order valence-corrected chi connectivity index (χ4v) is 3.16. The second-order valence-electron chi connectivity index (χ2n) is 5.46. The molecule has 4 heteroatoms. The zero-order valence-electron chi connectivity index (χ0n) is 13.4. The number of nitrogens with zero attached hydrogens (tertiary/aromatic N) is 2. The lowest BCUT2D eigenvalue weighted by Gasteiger charge is -2.33. The smallest absolute Gasteiger partial charge is 0.0513 e. The number of hydrogen-bond acceptors (Lipinski definition) is 3. The molecule has 1 rings (SSSR count). The molecular weight excluding hydrogens is 314 g/mol. The van der Waals surface area contributed by atoms with E-state index in [2.05, 4.69) is 84.1 Å². The molecule has 0 heterocycles. The Kier molecular flexibility index (Phi) is 7.56. The van der Waals surface area contributed by atoms with E-state index < -0.39 is 0 Å². The minimum atomic E-state index is 0.492. The van der Waals surface area contributed by atoms with E-state index in [-0.39, 0.29) is 0 Å². The average molecular weight is 342 g/mol. The summed E-state index contributed by atoms with van der Waals surface area (Å²) in [4.78, 5) is 4.68. The zero-order valence-corrected chi connectivity index (χ0v) is 15.0. The zero-order chi connectivity index (χ0) is 15.1. The summed E-state index contributed by atoms with van der Waals surface area (Å²) in [6, 6.07) is 7.16. The summed E-state index contributed by atoms with van der Waals surface area (Å²) >= 11 is 3.73. The number of hydrogen-bond donors (Lipinski definition) is 1. The van der Waals surface area contributed by atoms with Gasteiger partial charge in [-0.1, -0.05) is 13.0 Å². The van der Waals surface area contributed by atoms with Crippen LogP contribution < -0.4 is 10.2 Å². The van der Waals surface area contributed by atoms with Crippen molar-refractivity contribution in [1.29, 1.82) is 0 Å². The van der Waals surface area contributed by atoms with Crippen LogP contribution >= 0.6 is 15.9 Å². The van der Waals surface area contributed by atoms with Crippen LogP contribution in [0.15, 0.2) is 22.7 Å². The van der Waals surface area contributed by atoms with Crippen LogP contribution in [-0.2, 0) is 6.54 Å². The summed E-state index contributed by atoms with van der Waals surface area (Å²) in [5.41, 5.74) is 2.60. The van der Waals surface area contributed by atoms with Crippen LogP contribution in [0.1, 0.15) is 26.3 Å². The normalized spacial score (nSPS) is 12.8. The number of likely N-dealkylation sites (N-methyl/N-ethyl adjacent to an activating group) is 2. The lowest BCUT2D eigenvalue weighted by atomic mass is 10.1. The predicted molar refractivity (Wildman–Crippen MR) is 92.6 cm³/mol. The molecule has 0 amide bonds. The molecule has 0 bridgehead atoms. The maximum Gasteiger partial charge on any atom is 0.0513 e. The highest BCUT2D eigenvalue weighted by Gasteiger charge is 2.16. The molecule has 114 valence electrons. The van der Waals surface area contributed by atoms with Crippen molar-refractivity contribution in [1.82, 2.24) is 10.2 Å². The van der Waals surface area contributed by atoms with Crippen LogP contribution in [0, 0.1) is 0 Å². The van der Waals surface area contributed by atoms with Gasteiger partial charge in [-0.05, 0) is 68.1 Å². The Morgan fingerprint density at radius 1 is 1.25 bits per heavy atom. The Labute approximate surface area is 132 Å². The number of anilines is 1. The molecule has 1 aromatic carbocycles. The lowest BCUT2D eigenvalue weighted by Crippen LogP contribution is -2.40. The maximum atomic E-state index is 3.73. The summed E-state index contributed by atoms with van der Waals surface area (Å²) in [6.45, 7) is 10.6. The second-order valence-corrected chi connectivity index (χ2v) is 6.32. The number of halogens is 1. The molecule has 0 spiro atoms. The Hall–Kier alpha value is -0.580. The topological polar surface area (TPSA) is 18.5 Å². The summed E-state index contributed by atoms with van der Waals surface area (Å²) in [7, 11) is 4.25. The monoisotopic (exact) mass is 341 g/mol. The van der Waals surface area contributed by atoms with Crippen molar-refractivity contribution < 1.29 is 0 Å². The summed E-state index contributed by atoms with van der Waals surface area (Å²) in [5.74, 6) is 0. The Bertz CT molecular complexity index is 407. The number of nitrogens with one attached hydrogen (secondary N) is 1. The Morgan fingerprint density at radius 2 is 1.95 bits per heavy atom. The first-order chi connectivity index (χ1) is 9.49. The molecular formula is C16H28BrN3. The third-order valence-corrected chi connectivity index (χ3v) is 4.04. The third-order valence-electron chi connectivity index (χ3n) is 3.40. The van der Waals surface area contributed by atoms with Crippen molar-refractivity contribution in [2.24, 2.45) is 0 Å². The van der Waals surface area contributed by atoms with E-state index in [1.54, 1.807) is 0 Å². The van der Waals surface area contributed by atoms with E-state index in [9.17, 15) is 0 Å². The molecule has 20 heavy (non-hydrogen) atoms. The van der Waals surface area contributed by atoms with Gasteiger partial charge in [-0.15, -0.1) is 0 Å². The SMILES string of the molecule is CCNCc1ccc(N(CC)C(C)CN(C)C)c(Br)c1. The first kappa shape index (κ1) is 17.5. The van der Waals surface area contributed by atoms with Gasteiger partial charge < -0.3 is 15.1 Å². The first-order valence-corrected chi connectivity index (χ1v) is 8.19. The summed E-state index contributed by atoms with van der Waals surface area (Å²) < 4.78 is 1.18. The van der Waals surface area contributed by atoms with Gasteiger partial charge in [0.25, 0.3) is 0 Å². The van der Waals surface area contributed by atoms with Gasteiger partial charge in [-0.3, -0.25) is 0 Å². The van der Waals surface area contributed by atoms with Crippen molar-refractivity contribution in [3.8, 4) is 0 Å². The van der Waals surface area contributed by atoms with Gasteiger partial charge in [-0.2, -0.15) is 0 Å². The molecule has 0 aliphatic carbocycles. The molecule has 0 aromatic heterocycles. The standard InChI is InChI=1S/C16H28BrN3/c1-6-18-11-14-8-9-16(15(17)10-14)20(7-2)13(3)12-19(4)5/h8-10,13,18H,6-7,11-12H2,1-5H3. The molecule has 1 unspecified atom stereocenters. The van der Waals surface area contributed by atoms with Crippen molar-refractivity contribution in [3.63, 3.8) is 0 Å². The number of rotatable bonds is 8. The fourth-order valence-electron chi connectivity index (χ4n) is 2.51. The van der Waals surface area contributed by atoms with Crippen LogP contribution in [0.25, 0.3) is 0 Å². The fraction of sp³-hybridized carbons (Fsp3) is 0.625. The predicted octanol–water partition coefficient (Wildman–Crippen LogP) is 3.34. The molecule has 0 saturated heterocycles. The second kappa shape index (κ2) is 8.65. The van der Waals surface area contributed by atoms with E-state index in [0.29, 0.717) is 6.04 Å². The Morgan fingerprint density at radius 3 is 2.45 bits per heavy atom. The Balaban J connectivity index is 2.87. The summed E-state index contributed by atoms with van der Waals surface area (Å²) in [6.07, 6.45) is 0. The van der Waals surface area contributed by atoms with Crippen LogP contribution in [0.4, 0.5) is 5.69 Å². The molecule has 1 N–H and O–H groups in total. The van der Waals surface area contributed by atoms with Gasteiger partial charge in [-0.25, -0.2) is 0 Å². The quantitative estimate of drug-likeness (QED) is 0.782. The van der Waals surface area contributed by atoms with Crippen molar-refractivity contribution in [2.75, 3.05) is 38.6 Å². The summed E-state index contributed by atoms with van der Waals surface area (Å²) in [5, 5.41) is 3.36. The van der Waals surface area contributed by atoms with Crippen molar-refractivity contribution in [2.45, 2.75) is 33.4 Å². The van der Waals surface area contributed by atoms with Crippen molar-refractivity contribution in [3.05, 3.63) is 28.2 Å². The third kappa shape index (κ3) is 5.08. The van der Waals surface area contributed by atoms with E-state index >= 15 is 0 Å². The van der Waals surface area contributed by atoms with E-state index in [1.165, 1.54) is 15.7 Å². The van der Waals surface area contributed by atoms with Crippen LogP contribution in [0.5, 0.6) is 0 Å². The van der Waals surface area contributed by atoms with Gasteiger partial charge in [0, 0.05) is 30.1 Å². The van der Waals surface area contributed by atoms with E-state index in [4.69, 9.17) is 0 Å². The molecule has 0 fully saturated rings.